The third kappa shape index (κ3) is 3.51. The molecule has 8 heteroatoms. The topological polar surface area (TPSA) is 111 Å². The van der Waals surface area contributed by atoms with E-state index < -0.39 is 10.0 Å². The number of carbonyl (C=O) groups excluding carboxylic acids is 1. The van der Waals surface area contributed by atoms with Gasteiger partial charge in [-0.3, -0.25) is 9.78 Å². The summed E-state index contributed by atoms with van der Waals surface area (Å²) in [5.74, 6) is -0.270. The van der Waals surface area contributed by atoms with E-state index in [4.69, 9.17) is 9.88 Å². The minimum Gasteiger partial charge on any atom is -0.495 e. The number of amides is 1. The van der Waals surface area contributed by atoms with Gasteiger partial charge in [-0.05, 0) is 37.3 Å². The Kier molecular flexibility index (Phi) is 4.62. The quantitative estimate of drug-likeness (QED) is 0.732. The van der Waals surface area contributed by atoms with Gasteiger partial charge in [0.05, 0.1) is 18.2 Å². The van der Waals surface area contributed by atoms with Crippen LogP contribution in [0.2, 0.25) is 0 Å². The van der Waals surface area contributed by atoms with Crippen molar-refractivity contribution in [3.63, 3.8) is 0 Å². The largest absolute Gasteiger partial charge is 0.495 e. The van der Waals surface area contributed by atoms with Crippen LogP contribution in [0.5, 0.6) is 5.75 Å². The lowest BCUT2D eigenvalue weighted by atomic mass is 10.1. The second-order valence-corrected chi connectivity index (χ2v) is 7.22. The maximum atomic E-state index is 12.7. The van der Waals surface area contributed by atoms with Crippen LogP contribution in [-0.4, -0.2) is 26.4 Å². The fraction of sp³-hybridized carbons (Fsp3) is 0.111. The average Bonchev–Trinajstić information content (AvgIpc) is 2.60. The molecule has 0 atom stereocenters. The SMILES string of the molecule is COc1ccc(NC(=O)c2cc(C)nc3ccccc23)cc1S(N)(=O)=O. The van der Waals surface area contributed by atoms with Crippen LogP contribution < -0.4 is 15.2 Å². The van der Waals surface area contributed by atoms with Crippen LogP contribution in [0.3, 0.4) is 0 Å². The summed E-state index contributed by atoms with van der Waals surface area (Å²) in [4.78, 5) is 16.9. The number of hydrogen-bond donors (Lipinski definition) is 2. The van der Waals surface area contributed by atoms with E-state index in [-0.39, 0.29) is 16.6 Å². The van der Waals surface area contributed by atoms with Crippen LogP contribution in [0.15, 0.2) is 53.4 Å². The number of aryl methyl sites for hydroxylation is 1. The number of aromatic nitrogens is 1. The van der Waals surface area contributed by atoms with Crippen LogP contribution in [0, 0.1) is 6.92 Å². The van der Waals surface area contributed by atoms with Crippen LogP contribution >= 0.6 is 0 Å². The van der Waals surface area contributed by atoms with E-state index in [9.17, 15) is 13.2 Å². The lowest BCUT2D eigenvalue weighted by Crippen LogP contribution is -2.16. The molecule has 26 heavy (non-hydrogen) atoms. The van der Waals surface area contributed by atoms with Gasteiger partial charge in [0.1, 0.15) is 10.6 Å². The average molecular weight is 371 g/mol. The molecule has 0 aliphatic heterocycles. The maximum Gasteiger partial charge on any atom is 0.256 e. The minimum atomic E-state index is -4.00. The summed E-state index contributed by atoms with van der Waals surface area (Å²) in [5, 5.41) is 8.61. The molecule has 0 saturated carbocycles. The Hall–Kier alpha value is -2.97. The number of fused-ring (bicyclic) bond motifs is 1. The molecule has 1 heterocycles. The molecule has 0 radical (unpaired) electrons. The third-order valence-electron chi connectivity index (χ3n) is 3.82. The predicted molar refractivity (Wildman–Crippen MR) is 98.8 cm³/mol. The van der Waals surface area contributed by atoms with Gasteiger partial charge in [0.15, 0.2) is 0 Å². The Morgan fingerprint density at radius 2 is 1.88 bits per heavy atom. The Labute approximate surface area is 150 Å². The molecule has 3 N–H and O–H groups in total. The standard InChI is InChI=1S/C18H17N3O4S/c1-11-9-14(13-5-3-4-6-15(13)20-11)18(22)21-12-7-8-16(25-2)17(10-12)26(19,23)24/h3-10H,1-2H3,(H,21,22)(H2,19,23,24). The maximum absolute atomic E-state index is 12.7. The molecule has 134 valence electrons. The van der Waals surface area contributed by atoms with Gasteiger partial charge in [0.25, 0.3) is 5.91 Å². The smallest absolute Gasteiger partial charge is 0.256 e. The van der Waals surface area contributed by atoms with Gasteiger partial charge in [-0.15, -0.1) is 0 Å². The summed E-state index contributed by atoms with van der Waals surface area (Å²) in [7, 11) is -2.65. The zero-order valence-corrected chi connectivity index (χ0v) is 15.0. The molecular weight excluding hydrogens is 354 g/mol. The number of nitrogens with zero attached hydrogens (tertiary/aromatic N) is 1. The second kappa shape index (κ2) is 6.74. The molecule has 0 spiro atoms. The number of pyridine rings is 1. The number of methoxy groups -OCH3 is 1. The lowest BCUT2D eigenvalue weighted by molar-refractivity contribution is 0.102. The van der Waals surface area contributed by atoms with E-state index in [2.05, 4.69) is 10.3 Å². The predicted octanol–water partition coefficient (Wildman–Crippen LogP) is 2.45. The van der Waals surface area contributed by atoms with E-state index in [0.717, 1.165) is 0 Å². The summed E-state index contributed by atoms with van der Waals surface area (Å²) in [6, 6.07) is 13.2. The van der Waals surface area contributed by atoms with Crippen LogP contribution in [0.25, 0.3) is 10.9 Å². The summed E-state index contributed by atoms with van der Waals surface area (Å²) in [6.07, 6.45) is 0. The molecule has 0 aliphatic rings. The van der Waals surface area contributed by atoms with Crippen molar-refractivity contribution < 1.29 is 17.9 Å². The number of benzene rings is 2. The first-order chi connectivity index (χ1) is 12.3. The van der Waals surface area contributed by atoms with Gasteiger partial charge in [0, 0.05) is 16.8 Å². The van der Waals surface area contributed by atoms with E-state index >= 15 is 0 Å². The molecule has 3 aromatic rings. The van der Waals surface area contributed by atoms with Crippen molar-refractivity contribution in [1.29, 1.82) is 0 Å². The third-order valence-corrected chi connectivity index (χ3v) is 4.75. The highest BCUT2D eigenvalue weighted by molar-refractivity contribution is 7.89. The number of nitrogens with two attached hydrogens (primary N) is 1. The number of ether oxygens (including phenoxy) is 1. The fourth-order valence-electron chi connectivity index (χ4n) is 2.67. The molecule has 0 fully saturated rings. The van der Waals surface area contributed by atoms with Crippen molar-refractivity contribution in [3.05, 3.63) is 59.8 Å². The molecular formula is C18H17N3O4S. The van der Waals surface area contributed by atoms with Crippen molar-refractivity contribution in [2.24, 2.45) is 5.14 Å². The van der Waals surface area contributed by atoms with Gasteiger partial charge in [-0.25, -0.2) is 13.6 Å². The number of rotatable bonds is 4. The van der Waals surface area contributed by atoms with E-state index in [0.29, 0.717) is 27.8 Å². The molecule has 2 aromatic carbocycles. The van der Waals surface area contributed by atoms with Crippen molar-refractivity contribution in [3.8, 4) is 5.75 Å². The van der Waals surface area contributed by atoms with E-state index in [1.165, 1.54) is 19.2 Å². The summed E-state index contributed by atoms with van der Waals surface area (Å²) in [5.41, 5.74) is 2.14. The molecule has 1 amide bonds. The molecule has 0 unspecified atom stereocenters. The Balaban J connectivity index is 2.02. The Bertz CT molecular complexity index is 1110. The summed E-state index contributed by atoms with van der Waals surface area (Å²) < 4.78 is 28.4. The Morgan fingerprint density at radius 3 is 2.58 bits per heavy atom. The van der Waals surface area contributed by atoms with Crippen molar-refractivity contribution in [2.75, 3.05) is 12.4 Å². The molecule has 0 saturated heterocycles. The number of para-hydroxylation sites is 1. The number of sulfonamides is 1. The number of hydrogen-bond acceptors (Lipinski definition) is 5. The molecule has 3 rings (SSSR count). The second-order valence-electron chi connectivity index (χ2n) is 5.69. The number of primary sulfonamides is 1. The number of anilines is 1. The van der Waals surface area contributed by atoms with Gasteiger partial charge < -0.3 is 10.1 Å². The van der Waals surface area contributed by atoms with E-state index in [1.807, 2.05) is 18.2 Å². The van der Waals surface area contributed by atoms with Gasteiger partial charge >= 0.3 is 0 Å². The summed E-state index contributed by atoms with van der Waals surface area (Å²) in [6.45, 7) is 1.80. The van der Waals surface area contributed by atoms with Crippen LogP contribution in [-0.2, 0) is 10.0 Å². The first-order valence-electron chi connectivity index (χ1n) is 7.68. The minimum absolute atomic E-state index is 0.107. The highest BCUT2D eigenvalue weighted by Crippen LogP contribution is 2.27. The highest BCUT2D eigenvalue weighted by atomic mass is 32.2. The van der Waals surface area contributed by atoms with Crippen LogP contribution in [0.1, 0.15) is 16.1 Å². The van der Waals surface area contributed by atoms with E-state index in [1.54, 1.807) is 25.1 Å². The lowest BCUT2D eigenvalue weighted by Gasteiger charge is -2.12. The van der Waals surface area contributed by atoms with Gasteiger partial charge in [-0.2, -0.15) is 0 Å². The monoisotopic (exact) mass is 371 g/mol. The molecule has 0 aliphatic carbocycles. The van der Waals surface area contributed by atoms with Crippen molar-refractivity contribution >= 4 is 32.5 Å². The van der Waals surface area contributed by atoms with Crippen molar-refractivity contribution in [1.82, 2.24) is 4.98 Å². The zero-order valence-electron chi connectivity index (χ0n) is 14.2. The van der Waals surface area contributed by atoms with Crippen molar-refractivity contribution in [2.45, 2.75) is 11.8 Å². The molecule has 0 bridgehead atoms. The summed E-state index contributed by atoms with van der Waals surface area (Å²) >= 11 is 0. The zero-order chi connectivity index (χ0) is 18.9. The first kappa shape index (κ1) is 17.8. The fourth-order valence-corrected chi connectivity index (χ4v) is 3.39. The Morgan fingerprint density at radius 1 is 1.15 bits per heavy atom. The molecule has 1 aromatic heterocycles. The first-order valence-corrected chi connectivity index (χ1v) is 9.23. The van der Waals surface area contributed by atoms with Gasteiger partial charge in [-0.1, -0.05) is 18.2 Å². The highest BCUT2D eigenvalue weighted by Gasteiger charge is 2.17. The van der Waals surface area contributed by atoms with Crippen LogP contribution in [0.4, 0.5) is 5.69 Å². The van der Waals surface area contributed by atoms with Gasteiger partial charge in [0.2, 0.25) is 10.0 Å². The number of nitrogens with one attached hydrogen (secondary N) is 1. The normalized spacial score (nSPS) is 11.3. The number of carbonyl (C=O) groups is 1. The molecule has 7 nitrogen and oxygen atoms in total.